The van der Waals surface area contributed by atoms with Gasteiger partial charge in [0.1, 0.15) is 0 Å². The molecule has 0 unspecified atom stereocenters. The van der Waals surface area contributed by atoms with Crippen LogP contribution in [0.15, 0.2) is 54.6 Å². The van der Waals surface area contributed by atoms with Crippen LogP contribution in [0.3, 0.4) is 0 Å². The van der Waals surface area contributed by atoms with Gasteiger partial charge in [0, 0.05) is 0 Å². The third-order valence-electron chi connectivity index (χ3n) is 2.60. The topological polar surface area (TPSA) is 86.5 Å². The Balaban J connectivity index is 2.46. The van der Waals surface area contributed by atoms with Crippen LogP contribution in [0.4, 0.5) is 18.9 Å². The Bertz CT molecular complexity index is 825. The predicted octanol–water partition coefficient (Wildman–Crippen LogP) is 3.92. The number of nitro groups is 1. The molecule has 0 saturated carbocycles. The summed E-state index contributed by atoms with van der Waals surface area (Å²) in [7, 11) is -5.78. The Labute approximate surface area is 142 Å². The molecule has 24 heavy (non-hydrogen) atoms. The van der Waals surface area contributed by atoms with Gasteiger partial charge in [0.05, 0.1) is 0 Å². The SMILES string of the molecule is O=[N+]([O-])c1ccc(I(OS(=O)(=O)C(F)(F)F)c2ccccc2)cc1. The molecule has 0 aliphatic carbocycles. The molecule has 2 aromatic rings. The third kappa shape index (κ3) is 4.21. The van der Waals surface area contributed by atoms with E-state index in [1.807, 2.05) is 0 Å². The Hall–Kier alpha value is -1.73. The first-order valence-corrected chi connectivity index (χ1v) is 10.6. The fourth-order valence-corrected chi connectivity index (χ4v) is 7.98. The van der Waals surface area contributed by atoms with E-state index in [1.165, 1.54) is 36.4 Å². The van der Waals surface area contributed by atoms with Crippen LogP contribution in [0.5, 0.6) is 0 Å². The zero-order valence-electron chi connectivity index (χ0n) is 11.6. The van der Waals surface area contributed by atoms with Crippen LogP contribution in [-0.4, -0.2) is 18.8 Å². The number of alkyl halides is 3. The number of rotatable bonds is 5. The molecular formula is C13H9F3INO5S. The van der Waals surface area contributed by atoms with E-state index in [9.17, 15) is 31.7 Å². The van der Waals surface area contributed by atoms with E-state index in [1.54, 1.807) is 6.07 Å². The molecule has 0 saturated heterocycles. The zero-order valence-corrected chi connectivity index (χ0v) is 14.6. The van der Waals surface area contributed by atoms with Crippen LogP contribution in [-0.2, 0) is 12.6 Å². The minimum absolute atomic E-state index is 0.184. The third-order valence-corrected chi connectivity index (χ3v) is 9.66. The minimum atomic E-state index is -5.78. The van der Waals surface area contributed by atoms with E-state index in [0.717, 1.165) is 12.1 Å². The first kappa shape index (κ1) is 18.6. The second kappa shape index (κ2) is 7.03. The van der Waals surface area contributed by atoms with E-state index in [2.05, 4.69) is 2.51 Å². The van der Waals surface area contributed by atoms with Gasteiger partial charge >= 0.3 is 142 Å². The number of hydrogen-bond donors (Lipinski definition) is 0. The molecule has 6 nitrogen and oxygen atoms in total. The van der Waals surface area contributed by atoms with Crippen molar-refractivity contribution >= 4 is 36.0 Å². The fourth-order valence-electron chi connectivity index (χ4n) is 1.52. The maximum absolute atomic E-state index is 12.6. The van der Waals surface area contributed by atoms with Gasteiger partial charge in [-0.05, 0) is 0 Å². The number of benzene rings is 2. The van der Waals surface area contributed by atoms with Crippen LogP contribution >= 0.6 is 20.2 Å². The summed E-state index contributed by atoms with van der Waals surface area (Å²) in [5.41, 5.74) is -5.81. The summed E-state index contributed by atoms with van der Waals surface area (Å²) < 4.78 is 65.6. The van der Waals surface area contributed by atoms with Gasteiger partial charge in [0.2, 0.25) is 0 Å². The quantitative estimate of drug-likeness (QED) is 0.283. The molecule has 0 fully saturated rings. The molecular weight excluding hydrogens is 466 g/mol. The van der Waals surface area contributed by atoms with E-state index in [-0.39, 0.29) is 9.26 Å². The van der Waals surface area contributed by atoms with Crippen molar-refractivity contribution in [3.05, 3.63) is 71.9 Å². The molecule has 130 valence electrons. The number of halogens is 4. The Morgan fingerprint density at radius 1 is 0.958 bits per heavy atom. The van der Waals surface area contributed by atoms with Crippen molar-refractivity contribution in [3.63, 3.8) is 0 Å². The number of nitrogens with zero attached hydrogens (tertiary/aromatic N) is 1. The van der Waals surface area contributed by atoms with Crippen LogP contribution in [0, 0.1) is 17.3 Å². The number of nitro benzene ring substituents is 1. The molecule has 0 radical (unpaired) electrons. The monoisotopic (exact) mass is 475 g/mol. The molecule has 11 heteroatoms. The first-order chi connectivity index (χ1) is 11.1. The Morgan fingerprint density at radius 2 is 1.46 bits per heavy atom. The number of non-ortho nitro benzene ring substituents is 1. The number of hydrogen-bond acceptors (Lipinski definition) is 5. The molecule has 0 spiro atoms. The van der Waals surface area contributed by atoms with Crippen LogP contribution in [0.25, 0.3) is 0 Å². The summed E-state index contributed by atoms with van der Waals surface area (Å²) in [4.78, 5) is 9.99. The van der Waals surface area contributed by atoms with Gasteiger partial charge in [0.15, 0.2) is 0 Å². The Kier molecular flexibility index (Phi) is 5.45. The summed E-state index contributed by atoms with van der Waals surface area (Å²) >= 11 is -3.47. The zero-order chi connectivity index (χ0) is 18.0. The molecule has 0 N–H and O–H groups in total. The van der Waals surface area contributed by atoms with Gasteiger partial charge < -0.3 is 0 Å². The summed E-state index contributed by atoms with van der Waals surface area (Å²) in [5.74, 6) is 0. The summed E-state index contributed by atoms with van der Waals surface area (Å²) in [6, 6.07) is 12.2. The molecule has 0 bridgehead atoms. The molecule has 2 aromatic carbocycles. The molecule has 0 atom stereocenters. The van der Waals surface area contributed by atoms with Gasteiger partial charge in [0.25, 0.3) is 0 Å². The molecule has 0 aromatic heterocycles. The van der Waals surface area contributed by atoms with Gasteiger partial charge in [-0.25, -0.2) is 0 Å². The van der Waals surface area contributed by atoms with E-state index in [4.69, 9.17) is 0 Å². The summed E-state index contributed by atoms with van der Waals surface area (Å²) in [6.07, 6.45) is 0. The second-order valence-corrected chi connectivity index (χ2v) is 10.7. The normalized spacial score (nSPS) is 12.7. The van der Waals surface area contributed by atoms with Crippen molar-refractivity contribution in [2.75, 3.05) is 0 Å². The van der Waals surface area contributed by atoms with Crippen molar-refractivity contribution in [1.82, 2.24) is 0 Å². The van der Waals surface area contributed by atoms with Crippen molar-refractivity contribution in [1.29, 1.82) is 0 Å². The maximum atomic E-state index is 12.6. The van der Waals surface area contributed by atoms with Crippen molar-refractivity contribution in [2.45, 2.75) is 5.51 Å². The van der Waals surface area contributed by atoms with Gasteiger partial charge in [-0.2, -0.15) is 0 Å². The average Bonchev–Trinajstić information content (AvgIpc) is 2.52. The van der Waals surface area contributed by atoms with Gasteiger partial charge in [-0.1, -0.05) is 0 Å². The second-order valence-electron chi connectivity index (χ2n) is 4.24. The van der Waals surface area contributed by atoms with E-state index < -0.39 is 40.8 Å². The molecule has 0 aliphatic heterocycles. The predicted molar refractivity (Wildman–Crippen MR) is 87.0 cm³/mol. The summed E-state index contributed by atoms with van der Waals surface area (Å²) in [5, 5.41) is 10.7. The Morgan fingerprint density at radius 3 is 1.92 bits per heavy atom. The first-order valence-electron chi connectivity index (χ1n) is 6.12. The fraction of sp³-hybridized carbons (Fsp3) is 0.0769. The van der Waals surface area contributed by atoms with E-state index >= 15 is 0 Å². The van der Waals surface area contributed by atoms with Crippen LogP contribution < -0.4 is 0 Å². The van der Waals surface area contributed by atoms with Crippen LogP contribution in [0.2, 0.25) is 0 Å². The van der Waals surface area contributed by atoms with Gasteiger partial charge in [-0.15, -0.1) is 0 Å². The molecule has 0 amide bonds. The average molecular weight is 475 g/mol. The standard InChI is InChI=1S/C13H9F3INO5S/c14-13(15,16)24(21,22)23-17(10-4-2-1-3-5-10)11-6-8-12(9-7-11)18(19)20/h1-9H. The van der Waals surface area contributed by atoms with Gasteiger partial charge in [-0.3, -0.25) is 0 Å². The van der Waals surface area contributed by atoms with Crippen LogP contribution in [0.1, 0.15) is 0 Å². The van der Waals surface area contributed by atoms with Crippen molar-refractivity contribution in [3.8, 4) is 0 Å². The molecule has 0 aliphatic rings. The summed E-state index contributed by atoms with van der Waals surface area (Å²) in [6.45, 7) is 0. The van der Waals surface area contributed by atoms with E-state index in [0.29, 0.717) is 3.57 Å². The molecule has 0 heterocycles. The van der Waals surface area contributed by atoms with Crippen molar-refractivity contribution in [2.24, 2.45) is 0 Å². The molecule has 2 rings (SSSR count). The van der Waals surface area contributed by atoms with Crippen molar-refractivity contribution < 1.29 is 29.0 Å².